The molecule has 1 aromatic rings. The van der Waals surface area contributed by atoms with Crippen LogP contribution in [-0.4, -0.2) is 9.55 Å². The van der Waals surface area contributed by atoms with Gasteiger partial charge in [-0.25, -0.2) is 4.98 Å². The second-order valence-corrected chi connectivity index (χ2v) is 4.62. The fraction of sp³-hybridized carbons (Fsp3) is 0.700. The van der Waals surface area contributed by atoms with Gasteiger partial charge in [-0.15, -0.1) is 0 Å². The van der Waals surface area contributed by atoms with Crippen LogP contribution < -0.4 is 0 Å². The predicted molar refractivity (Wildman–Crippen MR) is 51.2 cm³/mol. The minimum Gasteiger partial charge on any atom is -0.334 e. The van der Waals surface area contributed by atoms with Gasteiger partial charge in [-0.2, -0.15) is 0 Å². The van der Waals surface area contributed by atoms with Crippen molar-refractivity contribution in [2.45, 2.75) is 41.2 Å². The van der Waals surface area contributed by atoms with Crippen molar-refractivity contribution in [1.82, 2.24) is 9.55 Å². The van der Waals surface area contributed by atoms with Crippen LogP contribution in [0, 0.1) is 19.3 Å². The van der Waals surface area contributed by atoms with Crippen LogP contribution in [0.15, 0.2) is 6.20 Å². The zero-order valence-electron chi connectivity index (χ0n) is 8.68. The molecule has 0 aliphatic carbocycles. The number of aryl methyl sites for hydroxylation is 2. The maximum absolute atomic E-state index is 4.36. The topological polar surface area (TPSA) is 17.8 Å². The molecule has 0 N–H and O–H groups in total. The standard InChI is InChI=1S/C10H18N2/c1-8-6-12(9(2)11-8)7-10(3,4)5/h6H,7H2,1-5H3. The molecule has 2 nitrogen and oxygen atoms in total. The lowest BCUT2D eigenvalue weighted by Gasteiger charge is -2.19. The van der Waals surface area contributed by atoms with E-state index in [-0.39, 0.29) is 0 Å². The number of hydrogen-bond acceptors (Lipinski definition) is 1. The van der Waals surface area contributed by atoms with Crippen molar-refractivity contribution in [2.75, 3.05) is 0 Å². The molecule has 0 atom stereocenters. The predicted octanol–water partition coefficient (Wildman–Crippen LogP) is 2.55. The minimum atomic E-state index is 0.331. The lowest BCUT2D eigenvalue weighted by atomic mass is 9.97. The molecule has 2 heteroatoms. The molecule has 0 aliphatic heterocycles. The van der Waals surface area contributed by atoms with Crippen molar-refractivity contribution in [1.29, 1.82) is 0 Å². The van der Waals surface area contributed by atoms with Gasteiger partial charge in [-0.3, -0.25) is 0 Å². The van der Waals surface area contributed by atoms with Crippen LogP contribution in [0.25, 0.3) is 0 Å². The van der Waals surface area contributed by atoms with Crippen LogP contribution >= 0.6 is 0 Å². The van der Waals surface area contributed by atoms with E-state index in [0.717, 1.165) is 18.1 Å². The summed E-state index contributed by atoms with van der Waals surface area (Å²) in [5, 5.41) is 0. The first-order valence-electron chi connectivity index (χ1n) is 4.39. The molecular formula is C10H18N2. The number of rotatable bonds is 1. The van der Waals surface area contributed by atoms with E-state index in [1.807, 2.05) is 6.92 Å². The van der Waals surface area contributed by atoms with Crippen LogP contribution in [0.4, 0.5) is 0 Å². The molecule has 0 saturated carbocycles. The van der Waals surface area contributed by atoms with Crippen molar-refractivity contribution in [3.05, 3.63) is 17.7 Å². The maximum Gasteiger partial charge on any atom is 0.105 e. The Morgan fingerprint density at radius 2 is 1.92 bits per heavy atom. The summed E-state index contributed by atoms with van der Waals surface area (Å²) in [6.07, 6.45) is 2.11. The van der Waals surface area contributed by atoms with E-state index in [9.17, 15) is 0 Å². The molecular weight excluding hydrogens is 148 g/mol. The SMILES string of the molecule is Cc1cn(CC(C)(C)C)c(C)n1. The Hall–Kier alpha value is -0.790. The van der Waals surface area contributed by atoms with Crippen LogP contribution in [0.5, 0.6) is 0 Å². The van der Waals surface area contributed by atoms with Crippen LogP contribution in [-0.2, 0) is 6.54 Å². The molecule has 0 amide bonds. The Morgan fingerprint density at radius 1 is 1.33 bits per heavy atom. The lowest BCUT2D eigenvalue weighted by molar-refractivity contribution is 0.340. The van der Waals surface area contributed by atoms with E-state index in [1.165, 1.54) is 0 Å². The second kappa shape index (κ2) is 2.92. The first-order valence-corrected chi connectivity index (χ1v) is 4.39. The van der Waals surface area contributed by atoms with E-state index in [0.29, 0.717) is 5.41 Å². The highest BCUT2D eigenvalue weighted by atomic mass is 15.1. The molecule has 1 heterocycles. The molecule has 0 saturated heterocycles. The molecule has 0 spiro atoms. The Bertz CT molecular complexity index is 266. The second-order valence-electron chi connectivity index (χ2n) is 4.62. The van der Waals surface area contributed by atoms with Crippen LogP contribution in [0.2, 0.25) is 0 Å². The van der Waals surface area contributed by atoms with Gasteiger partial charge in [0.25, 0.3) is 0 Å². The summed E-state index contributed by atoms with van der Waals surface area (Å²) in [6, 6.07) is 0. The summed E-state index contributed by atoms with van der Waals surface area (Å²) in [6.45, 7) is 11.8. The molecule has 0 aromatic carbocycles. The Kier molecular flexibility index (Phi) is 2.27. The third kappa shape index (κ3) is 2.36. The highest BCUT2D eigenvalue weighted by Gasteiger charge is 2.12. The van der Waals surface area contributed by atoms with Crippen LogP contribution in [0.1, 0.15) is 32.3 Å². The average Bonchev–Trinajstić information content (AvgIpc) is 2.06. The van der Waals surface area contributed by atoms with Gasteiger partial charge in [0, 0.05) is 12.7 Å². The summed E-state index contributed by atoms with van der Waals surface area (Å²) >= 11 is 0. The van der Waals surface area contributed by atoms with E-state index in [2.05, 4.69) is 43.4 Å². The Labute approximate surface area is 74.6 Å². The molecule has 68 valence electrons. The molecule has 0 unspecified atom stereocenters. The third-order valence-corrected chi connectivity index (χ3v) is 1.74. The summed E-state index contributed by atoms with van der Waals surface area (Å²) in [7, 11) is 0. The summed E-state index contributed by atoms with van der Waals surface area (Å²) in [4.78, 5) is 4.36. The highest BCUT2D eigenvalue weighted by Crippen LogP contribution is 2.17. The quantitative estimate of drug-likeness (QED) is 0.627. The molecule has 0 bridgehead atoms. The fourth-order valence-electron chi connectivity index (χ4n) is 1.34. The van der Waals surface area contributed by atoms with Crippen LogP contribution in [0.3, 0.4) is 0 Å². The number of nitrogens with zero attached hydrogens (tertiary/aromatic N) is 2. The monoisotopic (exact) mass is 166 g/mol. The maximum atomic E-state index is 4.36. The third-order valence-electron chi connectivity index (χ3n) is 1.74. The first kappa shape index (κ1) is 9.30. The van der Waals surface area contributed by atoms with Crippen molar-refractivity contribution >= 4 is 0 Å². The van der Waals surface area contributed by atoms with Gasteiger partial charge in [0.2, 0.25) is 0 Å². The normalized spacial score (nSPS) is 12.1. The van der Waals surface area contributed by atoms with Gasteiger partial charge < -0.3 is 4.57 Å². The highest BCUT2D eigenvalue weighted by molar-refractivity contribution is 5.00. The molecule has 0 aliphatic rings. The first-order chi connectivity index (χ1) is 5.38. The number of aromatic nitrogens is 2. The minimum absolute atomic E-state index is 0.331. The largest absolute Gasteiger partial charge is 0.334 e. The van der Waals surface area contributed by atoms with E-state index >= 15 is 0 Å². The number of hydrogen-bond donors (Lipinski definition) is 0. The molecule has 1 aromatic heterocycles. The van der Waals surface area contributed by atoms with E-state index in [4.69, 9.17) is 0 Å². The molecule has 0 fully saturated rings. The average molecular weight is 166 g/mol. The molecule has 12 heavy (non-hydrogen) atoms. The summed E-state index contributed by atoms with van der Waals surface area (Å²) < 4.78 is 2.22. The Balaban J connectivity index is 2.82. The van der Waals surface area contributed by atoms with Gasteiger partial charge in [0.15, 0.2) is 0 Å². The van der Waals surface area contributed by atoms with Crippen molar-refractivity contribution < 1.29 is 0 Å². The Morgan fingerprint density at radius 3 is 2.25 bits per heavy atom. The smallest absolute Gasteiger partial charge is 0.105 e. The van der Waals surface area contributed by atoms with Gasteiger partial charge in [-0.1, -0.05) is 20.8 Å². The fourth-order valence-corrected chi connectivity index (χ4v) is 1.34. The molecule has 1 rings (SSSR count). The van der Waals surface area contributed by atoms with Gasteiger partial charge in [0.05, 0.1) is 5.69 Å². The summed E-state index contributed by atoms with van der Waals surface area (Å²) in [5.74, 6) is 1.11. The lowest BCUT2D eigenvalue weighted by Crippen LogP contribution is -2.15. The van der Waals surface area contributed by atoms with E-state index in [1.54, 1.807) is 0 Å². The zero-order valence-corrected chi connectivity index (χ0v) is 8.68. The van der Waals surface area contributed by atoms with Crippen molar-refractivity contribution in [3.8, 4) is 0 Å². The van der Waals surface area contributed by atoms with Crippen molar-refractivity contribution in [2.24, 2.45) is 5.41 Å². The van der Waals surface area contributed by atoms with E-state index < -0.39 is 0 Å². The molecule has 0 radical (unpaired) electrons. The van der Waals surface area contributed by atoms with Gasteiger partial charge >= 0.3 is 0 Å². The van der Waals surface area contributed by atoms with Gasteiger partial charge in [0.1, 0.15) is 5.82 Å². The van der Waals surface area contributed by atoms with Gasteiger partial charge in [-0.05, 0) is 19.3 Å². The van der Waals surface area contributed by atoms with Crippen molar-refractivity contribution in [3.63, 3.8) is 0 Å². The zero-order chi connectivity index (χ0) is 9.35. The summed E-state index contributed by atoms with van der Waals surface area (Å²) in [5.41, 5.74) is 1.44. The number of imidazole rings is 1.